The molecule has 0 aromatic rings. The second kappa shape index (κ2) is 7.25. The van der Waals surface area contributed by atoms with Crippen LogP contribution in [0.15, 0.2) is 12.7 Å². The molecule has 0 saturated carbocycles. The van der Waals surface area contributed by atoms with Gasteiger partial charge in [-0.05, 0) is 41.5 Å². The Kier molecular flexibility index (Phi) is 7.15. The van der Waals surface area contributed by atoms with Crippen molar-refractivity contribution in [3.05, 3.63) is 12.7 Å². The molecule has 0 fully saturated rings. The lowest BCUT2D eigenvalue weighted by atomic mass is 10.2. The first kappa shape index (κ1) is 16.8. The van der Waals surface area contributed by atoms with Gasteiger partial charge in [-0.1, -0.05) is 6.08 Å². The molecule has 0 atom stereocenters. The number of hydrogen-bond acceptors (Lipinski definition) is 5. The van der Waals surface area contributed by atoms with Crippen LogP contribution in [0.3, 0.4) is 0 Å². The third-order valence-corrected chi connectivity index (χ3v) is 2.07. The van der Waals surface area contributed by atoms with Gasteiger partial charge in [0, 0.05) is 0 Å². The zero-order valence-corrected chi connectivity index (χ0v) is 12.8. The molecule has 0 bridgehead atoms. The summed E-state index contributed by atoms with van der Waals surface area (Å²) in [5.74, 6) is 0. The van der Waals surface area contributed by atoms with Gasteiger partial charge in [0.15, 0.2) is 0 Å². The molecule has 0 N–H and O–H groups in total. The fraction of sp³-hybridized carbons (Fsp3) is 0.818. The van der Waals surface area contributed by atoms with Crippen molar-refractivity contribution in [2.75, 3.05) is 6.61 Å². The van der Waals surface area contributed by atoms with Crippen LogP contribution >= 0.6 is 0 Å². The van der Waals surface area contributed by atoms with E-state index in [1.54, 1.807) is 6.08 Å². The molecule has 0 heterocycles. The van der Waals surface area contributed by atoms with E-state index in [-0.39, 0.29) is 0 Å². The van der Waals surface area contributed by atoms with Crippen LogP contribution in [0.25, 0.3) is 0 Å². The van der Waals surface area contributed by atoms with Crippen molar-refractivity contribution in [1.82, 2.24) is 0 Å². The highest BCUT2D eigenvalue weighted by molar-refractivity contribution is 6.35. The Balaban J connectivity index is 4.09. The maximum Gasteiger partial charge on any atom is 0.542 e. The van der Waals surface area contributed by atoms with Crippen molar-refractivity contribution in [3.63, 3.8) is 0 Å². The summed E-state index contributed by atoms with van der Waals surface area (Å²) in [6.07, 6.45) is 1.61. The zero-order valence-electron chi connectivity index (χ0n) is 11.6. The predicted molar refractivity (Wildman–Crippen MR) is 67.1 cm³/mol. The van der Waals surface area contributed by atoms with Crippen molar-refractivity contribution >= 4 is 9.53 Å². The zero-order chi connectivity index (χ0) is 13.5. The lowest BCUT2D eigenvalue weighted by molar-refractivity contribution is -0.354. The molecule has 5 nitrogen and oxygen atoms in total. The molecule has 0 amide bonds. The molecule has 0 saturated heterocycles. The summed E-state index contributed by atoms with van der Waals surface area (Å²) in [5.41, 5.74) is -0.845. The molecule has 0 spiro atoms. The molecular formula is C11H24O5Si. The largest absolute Gasteiger partial charge is 0.542 e. The van der Waals surface area contributed by atoms with E-state index in [4.69, 9.17) is 23.4 Å². The molecule has 0 aromatic heterocycles. The van der Waals surface area contributed by atoms with Crippen LogP contribution in [0.2, 0.25) is 0 Å². The number of hydrogen-bond donors (Lipinski definition) is 0. The van der Waals surface area contributed by atoms with Gasteiger partial charge in [0.1, 0.15) is 0 Å². The second-order valence-corrected chi connectivity index (χ2v) is 6.79. The molecule has 17 heavy (non-hydrogen) atoms. The van der Waals surface area contributed by atoms with E-state index in [9.17, 15) is 0 Å². The highest BCUT2D eigenvalue weighted by Crippen LogP contribution is 2.12. The Morgan fingerprint density at radius 1 is 0.941 bits per heavy atom. The van der Waals surface area contributed by atoms with E-state index < -0.39 is 20.7 Å². The smallest absolute Gasteiger partial charge is 0.369 e. The summed E-state index contributed by atoms with van der Waals surface area (Å²) in [5, 5.41) is 0. The first-order valence-corrected chi connectivity index (χ1v) is 6.97. The lowest BCUT2D eigenvalue weighted by Crippen LogP contribution is -2.35. The van der Waals surface area contributed by atoms with Crippen LogP contribution in [0.5, 0.6) is 0 Å². The van der Waals surface area contributed by atoms with Crippen molar-refractivity contribution in [2.45, 2.75) is 52.7 Å². The molecule has 0 aromatic carbocycles. The average Bonchev–Trinajstić information content (AvgIpc) is 2.13. The summed E-state index contributed by atoms with van der Waals surface area (Å²) in [4.78, 5) is 10.3. The van der Waals surface area contributed by atoms with Gasteiger partial charge in [-0.2, -0.15) is 0 Å². The van der Waals surface area contributed by atoms with Gasteiger partial charge < -0.3 is 4.43 Å². The maximum atomic E-state index is 5.31. The molecule has 0 aliphatic carbocycles. The van der Waals surface area contributed by atoms with Gasteiger partial charge in [0.05, 0.1) is 17.8 Å². The first-order chi connectivity index (χ1) is 7.64. The summed E-state index contributed by atoms with van der Waals surface area (Å²) < 4.78 is 15.6. The maximum absolute atomic E-state index is 5.31. The predicted octanol–water partition coefficient (Wildman–Crippen LogP) is 2.40. The Bertz CT molecular complexity index is 201. The standard InChI is InChI=1S/C11H24O5Si/c1-8-9-12-17(15-13-10(2,3)4)16-14-11(5,6)7/h8,17H,1,9H2,2-7H3. The Hall–Kier alpha value is -0.243. The van der Waals surface area contributed by atoms with Gasteiger partial charge in [-0.15, -0.1) is 6.58 Å². The second-order valence-electron chi connectivity index (χ2n) is 5.49. The highest BCUT2D eigenvalue weighted by Gasteiger charge is 2.25. The average molecular weight is 264 g/mol. The fourth-order valence-electron chi connectivity index (χ4n) is 0.585. The van der Waals surface area contributed by atoms with E-state index in [2.05, 4.69) is 6.58 Å². The van der Waals surface area contributed by atoms with E-state index >= 15 is 0 Å². The normalized spacial score (nSPS) is 13.1. The minimum Gasteiger partial charge on any atom is -0.369 e. The summed E-state index contributed by atoms with van der Waals surface area (Å²) >= 11 is 0. The van der Waals surface area contributed by atoms with Crippen LogP contribution in [-0.4, -0.2) is 27.3 Å². The summed E-state index contributed by atoms with van der Waals surface area (Å²) in [6, 6.07) is 0. The topological polar surface area (TPSA) is 46.2 Å². The van der Waals surface area contributed by atoms with Gasteiger partial charge in [-0.3, -0.25) is 0 Å². The van der Waals surface area contributed by atoms with E-state index in [1.807, 2.05) is 41.5 Å². The van der Waals surface area contributed by atoms with Crippen molar-refractivity contribution in [1.29, 1.82) is 0 Å². The van der Waals surface area contributed by atoms with Crippen LogP contribution in [0.1, 0.15) is 41.5 Å². The van der Waals surface area contributed by atoms with Crippen LogP contribution in [0, 0.1) is 0 Å². The van der Waals surface area contributed by atoms with E-state index in [0.29, 0.717) is 6.61 Å². The van der Waals surface area contributed by atoms with E-state index in [1.165, 1.54) is 0 Å². The van der Waals surface area contributed by atoms with Gasteiger partial charge in [-0.25, -0.2) is 18.9 Å². The van der Waals surface area contributed by atoms with Crippen molar-refractivity contribution in [2.24, 2.45) is 0 Å². The Labute approximate surface area is 105 Å². The quantitative estimate of drug-likeness (QED) is 0.306. The van der Waals surface area contributed by atoms with Crippen LogP contribution in [0.4, 0.5) is 0 Å². The summed E-state index contributed by atoms with van der Waals surface area (Å²) in [7, 11) is -2.47. The lowest BCUT2D eigenvalue weighted by Gasteiger charge is -2.24. The molecule has 6 heteroatoms. The molecule has 0 unspecified atom stereocenters. The minimum absolute atomic E-state index is 0.331. The SMILES string of the molecule is C=CCO[SiH](OOC(C)(C)C)OOC(C)(C)C. The fourth-order valence-corrected chi connectivity index (χ4v) is 1.76. The molecule has 0 aliphatic rings. The van der Waals surface area contributed by atoms with Crippen LogP contribution < -0.4 is 0 Å². The third kappa shape index (κ3) is 12.0. The Morgan fingerprint density at radius 2 is 1.35 bits per heavy atom. The summed E-state index contributed by atoms with van der Waals surface area (Å²) in [6.45, 7) is 15.1. The highest BCUT2D eigenvalue weighted by atomic mass is 28.3. The monoisotopic (exact) mass is 264 g/mol. The first-order valence-electron chi connectivity index (χ1n) is 5.55. The molecule has 102 valence electrons. The van der Waals surface area contributed by atoms with Gasteiger partial charge >= 0.3 is 9.53 Å². The molecule has 0 rings (SSSR count). The minimum atomic E-state index is -2.47. The van der Waals surface area contributed by atoms with Crippen molar-refractivity contribution < 1.29 is 23.4 Å². The van der Waals surface area contributed by atoms with E-state index in [0.717, 1.165) is 0 Å². The molecule has 0 radical (unpaired) electrons. The van der Waals surface area contributed by atoms with Gasteiger partial charge in [0.2, 0.25) is 0 Å². The Morgan fingerprint density at radius 3 is 1.65 bits per heavy atom. The third-order valence-electron chi connectivity index (χ3n) is 1.10. The van der Waals surface area contributed by atoms with Crippen molar-refractivity contribution in [3.8, 4) is 0 Å². The molecule has 0 aliphatic heterocycles. The molecular weight excluding hydrogens is 240 g/mol. The van der Waals surface area contributed by atoms with Gasteiger partial charge in [0.25, 0.3) is 0 Å². The van der Waals surface area contributed by atoms with Crippen LogP contribution in [-0.2, 0) is 23.4 Å². The number of rotatable bonds is 7.